The van der Waals surface area contributed by atoms with Gasteiger partial charge in [0, 0.05) is 17.1 Å². The predicted molar refractivity (Wildman–Crippen MR) is 76.8 cm³/mol. The van der Waals surface area contributed by atoms with Gasteiger partial charge in [-0.3, -0.25) is 9.55 Å². The molecule has 2 N–H and O–H groups in total. The molecule has 0 saturated heterocycles. The summed E-state index contributed by atoms with van der Waals surface area (Å²) in [4.78, 5) is 16.7. The molecule has 20 heavy (non-hydrogen) atoms. The Morgan fingerprint density at radius 2 is 2.20 bits per heavy atom. The van der Waals surface area contributed by atoms with Crippen molar-refractivity contribution in [2.75, 3.05) is 0 Å². The van der Waals surface area contributed by atoms with E-state index in [1.165, 1.54) is 11.8 Å². The molecule has 1 atom stereocenters. The first-order valence-electron chi connectivity index (χ1n) is 6.51. The van der Waals surface area contributed by atoms with Crippen LogP contribution in [0.5, 0.6) is 0 Å². The zero-order chi connectivity index (χ0) is 14.7. The van der Waals surface area contributed by atoms with E-state index in [1.54, 1.807) is 16.8 Å². The van der Waals surface area contributed by atoms with Crippen LogP contribution >= 0.6 is 11.8 Å². The standard InChI is InChI=1S/C13H18N4O2S/c1-4-11(18)10-6-5-9(7-14-10)20-13-16-15-12(19)17(13)8(2)3/h5-8,11,18H,4H2,1-3H3,(H,15,19)/t11-/m1/s1. The van der Waals surface area contributed by atoms with Crippen molar-refractivity contribution in [2.24, 2.45) is 0 Å². The van der Waals surface area contributed by atoms with Gasteiger partial charge in [-0.2, -0.15) is 0 Å². The molecule has 0 aliphatic carbocycles. The number of nitrogens with one attached hydrogen (secondary N) is 1. The topological polar surface area (TPSA) is 83.8 Å². The molecule has 7 heteroatoms. The molecule has 0 bridgehead atoms. The molecule has 0 spiro atoms. The smallest absolute Gasteiger partial charge is 0.344 e. The summed E-state index contributed by atoms with van der Waals surface area (Å²) in [5.74, 6) is 0. The van der Waals surface area contributed by atoms with Crippen LogP contribution in [0.4, 0.5) is 0 Å². The molecule has 2 aromatic heterocycles. The van der Waals surface area contributed by atoms with E-state index in [1.807, 2.05) is 26.8 Å². The van der Waals surface area contributed by atoms with Crippen LogP contribution in [-0.4, -0.2) is 24.9 Å². The highest BCUT2D eigenvalue weighted by Gasteiger charge is 2.13. The number of hydrogen-bond donors (Lipinski definition) is 2. The van der Waals surface area contributed by atoms with Crippen LogP contribution in [0, 0.1) is 0 Å². The molecular weight excluding hydrogens is 276 g/mol. The number of H-pyrrole nitrogens is 1. The van der Waals surface area contributed by atoms with Crippen molar-refractivity contribution < 1.29 is 5.11 Å². The molecule has 0 aliphatic heterocycles. The Kier molecular flexibility index (Phi) is 4.61. The van der Waals surface area contributed by atoms with Crippen molar-refractivity contribution in [3.63, 3.8) is 0 Å². The SMILES string of the molecule is CC[C@@H](O)c1ccc(Sc2n[nH]c(=O)n2C(C)C)cn1. The number of hydrogen-bond acceptors (Lipinski definition) is 5. The van der Waals surface area contributed by atoms with E-state index in [4.69, 9.17) is 0 Å². The molecule has 2 aromatic rings. The first-order valence-corrected chi connectivity index (χ1v) is 7.33. The van der Waals surface area contributed by atoms with Crippen molar-refractivity contribution in [3.05, 3.63) is 34.5 Å². The van der Waals surface area contributed by atoms with E-state index in [2.05, 4.69) is 15.2 Å². The summed E-state index contributed by atoms with van der Waals surface area (Å²) < 4.78 is 1.60. The Bertz CT molecular complexity index is 618. The van der Waals surface area contributed by atoms with Gasteiger partial charge < -0.3 is 5.11 Å². The minimum absolute atomic E-state index is 0.0397. The third-order valence-corrected chi connectivity index (χ3v) is 3.83. The molecule has 0 saturated carbocycles. The molecule has 2 rings (SSSR count). The maximum Gasteiger partial charge on any atom is 0.344 e. The van der Waals surface area contributed by atoms with Gasteiger partial charge in [-0.25, -0.2) is 9.89 Å². The number of aliphatic hydroxyl groups is 1. The van der Waals surface area contributed by atoms with Gasteiger partial charge in [0.2, 0.25) is 0 Å². The Morgan fingerprint density at radius 1 is 1.45 bits per heavy atom. The molecule has 0 radical (unpaired) electrons. The van der Waals surface area contributed by atoms with E-state index >= 15 is 0 Å². The summed E-state index contributed by atoms with van der Waals surface area (Å²) in [6.07, 6.45) is 1.78. The average Bonchev–Trinajstić information content (AvgIpc) is 2.79. The molecule has 0 aromatic carbocycles. The fourth-order valence-electron chi connectivity index (χ4n) is 1.78. The minimum Gasteiger partial charge on any atom is -0.387 e. The Labute approximate surface area is 121 Å². The number of nitrogens with zero attached hydrogens (tertiary/aromatic N) is 3. The predicted octanol–water partition coefficient (Wildman–Crippen LogP) is 2.14. The summed E-state index contributed by atoms with van der Waals surface area (Å²) >= 11 is 1.37. The summed E-state index contributed by atoms with van der Waals surface area (Å²) in [6.45, 7) is 5.76. The van der Waals surface area contributed by atoms with Crippen LogP contribution in [0.2, 0.25) is 0 Å². The number of aromatic nitrogens is 4. The second-order valence-corrected chi connectivity index (χ2v) is 5.76. The monoisotopic (exact) mass is 294 g/mol. The summed E-state index contributed by atoms with van der Waals surface area (Å²) in [5, 5.41) is 16.8. The maximum atomic E-state index is 11.6. The summed E-state index contributed by atoms with van der Waals surface area (Å²) in [5.41, 5.74) is 0.439. The number of pyridine rings is 1. The molecule has 0 amide bonds. The Balaban J connectivity index is 2.21. The molecule has 0 aliphatic rings. The van der Waals surface area contributed by atoms with Crippen molar-refractivity contribution in [3.8, 4) is 0 Å². The van der Waals surface area contributed by atoms with E-state index in [-0.39, 0.29) is 11.7 Å². The molecule has 2 heterocycles. The van der Waals surface area contributed by atoms with Gasteiger partial charge in [-0.1, -0.05) is 6.92 Å². The third-order valence-electron chi connectivity index (χ3n) is 2.88. The molecule has 6 nitrogen and oxygen atoms in total. The number of aliphatic hydroxyl groups excluding tert-OH is 1. The van der Waals surface area contributed by atoms with Gasteiger partial charge in [0.05, 0.1) is 11.8 Å². The fourth-order valence-corrected chi connectivity index (χ4v) is 2.72. The Morgan fingerprint density at radius 3 is 2.75 bits per heavy atom. The second-order valence-electron chi connectivity index (χ2n) is 4.72. The first-order chi connectivity index (χ1) is 9.52. The minimum atomic E-state index is -0.534. The van der Waals surface area contributed by atoms with E-state index in [9.17, 15) is 9.90 Å². The van der Waals surface area contributed by atoms with Crippen LogP contribution < -0.4 is 5.69 Å². The normalized spacial score (nSPS) is 12.8. The van der Waals surface area contributed by atoms with Crippen molar-refractivity contribution >= 4 is 11.8 Å². The van der Waals surface area contributed by atoms with E-state index < -0.39 is 6.10 Å². The summed E-state index contributed by atoms with van der Waals surface area (Å²) in [7, 11) is 0. The van der Waals surface area contributed by atoms with Crippen LogP contribution in [0.15, 0.2) is 33.2 Å². The lowest BCUT2D eigenvalue weighted by molar-refractivity contribution is 0.169. The molecule has 0 fully saturated rings. The quantitative estimate of drug-likeness (QED) is 0.882. The summed E-state index contributed by atoms with van der Waals surface area (Å²) in [6, 6.07) is 3.70. The van der Waals surface area contributed by atoms with E-state index in [0.29, 0.717) is 17.3 Å². The van der Waals surface area contributed by atoms with Gasteiger partial charge in [0.1, 0.15) is 0 Å². The van der Waals surface area contributed by atoms with Gasteiger partial charge in [0.25, 0.3) is 0 Å². The van der Waals surface area contributed by atoms with Crippen LogP contribution in [0.3, 0.4) is 0 Å². The highest BCUT2D eigenvalue weighted by molar-refractivity contribution is 7.99. The van der Waals surface area contributed by atoms with Crippen LogP contribution in [-0.2, 0) is 0 Å². The first kappa shape index (κ1) is 14.8. The van der Waals surface area contributed by atoms with E-state index in [0.717, 1.165) is 4.90 Å². The fraction of sp³-hybridized carbons (Fsp3) is 0.462. The highest BCUT2D eigenvalue weighted by Crippen LogP contribution is 2.26. The highest BCUT2D eigenvalue weighted by atomic mass is 32.2. The maximum absolute atomic E-state index is 11.6. The van der Waals surface area contributed by atoms with Crippen molar-refractivity contribution in [1.82, 2.24) is 19.7 Å². The molecule has 108 valence electrons. The lowest BCUT2D eigenvalue weighted by Crippen LogP contribution is -2.19. The van der Waals surface area contributed by atoms with Gasteiger partial charge in [-0.15, -0.1) is 5.10 Å². The number of aromatic amines is 1. The van der Waals surface area contributed by atoms with Crippen molar-refractivity contribution in [1.29, 1.82) is 0 Å². The lowest BCUT2D eigenvalue weighted by Gasteiger charge is -2.09. The average molecular weight is 294 g/mol. The van der Waals surface area contributed by atoms with Crippen molar-refractivity contribution in [2.45, 2.75) is 49.4 Å². The third kappa shape index (κ3) is 3.10. The van der Waals surface area contributed by atoms with Gasteiger partial charge >= 0.3 is 5.69 Å². The van der Waals surface area contributed by atoms with Gasteiger partial charge in [0.15, 0.2) is 5.16 Å². The largest absolute Gasteiger partial charge is 0.387 e. The zero-order valence-corrected chi connectivity index (χ0v) is 12.5. The lowest BCUT2D eigenvalue weighted by atomic mass is 10.2. The van der Waals surface area contributed by atoms with Crippen LogP contribution in [0.25, 0.3) is 0 Å². The number of rotatable bonds is 5. The molecule has 0 unspecified atom stereocenters. The molecular formula is C13H18N4O2S. The Hall–Kier alpha value is -1.60. The second kappa shape index (κ2) is 6.23. The van der Waals surface area contributed by atoms with Crippen LogP contribution in [0.1, 0.15) is 45.0 Å². The zero-order valence-electron chi connectivity index (χ0n) is 11.7. The van der Waals surface area contributed by atoms with Gasteiger partial charge in [-0.05, 0) is 44.2 Å².